The largest absolute Gasteiger partial charge is 0.494 e. The Labute approximate surface area is 223 Å². The molecule has 8 nitrogen and oxygen atoms in total. The molecule has 2 heterocycles. The molecule has 0 radical (unpaired) electrons. The van der Waals surface area contributed by atoms with Gasteiger partial charge in [-0.1, -0.05) is 35.1 Å². The lowest BCUT2D eigenvalue weighted by Crippen LogP contribution is -2.39. The highest BCUT2D eigenvalue weighted by Crippen LogP contribution is 2.36. The molecule has 1 aliphatic rings. The third-order valence-electron chi connectivity index (χ3n) is 5.78. The molecule has 0 saturated heterocycles. The minimum absolute atomic E-state index is 0.204. The molecule has 3 aromatic rings. The molecule has 0 bridgehead atoms. The van der Waals surface area contributed by atoms with Crippen molar-refractivity contribution in [2.75, 3.05) is 27.4 Å². The predicted molar refractivity (Wildman–Crippen MR) is 143 cm³/mol. The van der Waals surface area contributed by atoms with Crippen LogP contribution in [0.15, 0.2) is 57.5 Å². The number of halogens is 1. The predicted octanol–water partition coefficient (Wildman–Crippen LogP) is 3.87. The number of allylic oxidation sites excluding steroid dienone is 1. The lowest BCUT2D eigenvalue weighted by Gasteiger charge is -2.24. The van der Waals surface area contributed by atoms with Crippen molar-refractivity contribution in [3.05, 3.63) is 83.5 Å². The normalized spacial score (nSPS) is 15.2. The maximum Gasteiger partial charge on any atom is 0.338 e. The molecule has 10 heteroatoms. The first-order valence-corrected chi connectivity index (χ1v) is 12.9. The molecular formula is C27H27ClN2O6S. The van der Waals surface area contributed by atoms with E-state index in [4.69, 9.17) is 30.5 Å². The Morgan fingerprint density at radius 1 is 1.14 bits per heavy atom. The lowest BCUT2D eigenvalue weighted by atomic mass is 9.96. The molecule has 0 aliphatic carbocycles. The fourth-order valence-corrected chi connectivity index (χ4v) is 5.54. The van der Waals surface area contributed by atoms with E-state index in [0.717, 1.165) is 5.56 Å². The molecule has 2 aromatic carbocycles. The molecule has 0 unspecified atom stereocenters. The van der Waals surface area contributed by atoms with Crippen LogP contribution < -0.4 is 29.1 Å². The number of nitrogens with zero attached hydrogens (tertiary/aromatic N) is 2. The summed E-state index contributed by atoms with van der Waals surface area (Å²) in [6.45, 7) is 6.13. The fourth-order valence-electron chi connectivity index (χ4n) is 4.19. The van der Waals surface area contributed by atoms with Crippen molar-refractivity contribution < 1.29 is 23.7 Å². The Bertz CT molecular complexity index is 1540. The van der Waals surface area contributed by atoms with Crippen molar-refractivity contribution in [2.24, 2.45) is 4.99 Å². The summed E-state index contributed by atoms with van der Waals surface area (Å²) in [6.07, 6.45) is 1.72. The number of methoxy groups -OCH3 is 2. The van der Waals surface area contributed by atoms with Gasteiger partial charge in [0.1, 0.15) is 5.75 Å². The number of ether oxygens (including phenoxy) is 4. The molecule has 0 N–H and O–H groups in total. The van der Waals surface area contributed by atoms with Crippen LogP contribution in [-0.2, 0) is 9.53 Å². The Morgan fingerprint density at radius 3 is 2.49 bits per heavy atom. The van der Waals surface area contributed by atoms with Gasteiger partial charge in [0.2, 0.25) is 0 Å². The molecule has 4 rings (SSSR count). The van der Waals surface area contributed by atoms with E-state index in [1.165, 1.54) is 30.1 Å². The molecule has 37 heavy (non-hydrogen) atoms. The molecule has 1 aliphatic heterocycles. The van der Waals surface area contributed by atoms with Crippen LogP contribution in [0.3, 0.4) is 0 Å². The van der Waals surface area contributed by atoms with Gasteiger partial charge in [-0.2, -0.15) is 0 Å². The minimum Gasteiger partial charge on any atom is -0.494 e. The highest BCUT2D eigenvalue weighted by Gasteiger charge is 2.33. The number of carbonyl (C=O) groups is 1. The Kier molecular flexibility index (Phi) is 8.04. The van der Waals surface area contributed by atoms with Gasteiger partial charge < -0.3 is 18.9 Å². The van der Waals surface area contributed by atoms with Gasteiger partial charge in [0.05, 0.1) is 54.3 Å². The van der Waals surface area contributed by atoms with Crippen LogP contribution in [0, 0.1) is 0 Å². The van der Waals surface area contributed by atoms with E-state index in [1.54, 1.807) is 32.1 Å². The van der Waals surface area contributed by atoms with E-state index >= 15 is 0 Å². The van der Waals surface area contributed by atoms with Crippen LogP contribution in [0.4, 0.5) is 0 Å². The first-order valence-electron chi connectivity index (χ1n) is 11.7. The molecule has 0 amide bonds. The number of rotatable bonds is 8. The van der Waals surface area contributed by atoms with Gasteiger partial charge in [0.25, 0.3) is 5.56 Å². The van der Waals surface area contributed by atoms with Crippen LogP contribution in [0.1, 0.15) is 37.9 Å². The third kappa shape index (κ3) is 5.14. The number of hydrogen-bond acceptors (Lipinski definition) is 8. The summed E-state index contributed by atoms with van der Waals surface area (Å²) in [7, 11) is 3.02. The maximum atomic E-state index is 13.8. The molecule has 1 aromatic heterocycles. The van der Waals surface area contributed by atoms with E-state index in [-0.39, 0.29) is 12.2 Å². The van der Waals surface area contributed by atoms with Crippen LogP contribution in [0.2, 0.25) is 5.02 Å². The Morgan fingerprint density at radius 2 is 1.86 bits per heavy atom. The summed E-state index contributed by atoms with van der Waals surface area (Å²) in [6, 6.07) is 10.1. The van der Waals surface area contributed by atoms with Crippen molar-refractivity contribution in [3.63, 3.8) is 0 Å². The van der Waals surface area contributed by atoms with Crippen molar-refractivity contribution in [2.45, 2.75) is 26.8 Å². The fraction of sp³-hybridized carbons (Fsp3) is 0.296. The summed E-state index contributed by atoms with van der Waals surface area (Å²) in [4.78, 5) is 31.9. The van der Waals surface area contributed by atoms with Crippen molar-refractivity contribution >= 4 is 35.0 Å². The molecular weight excluding hydrogens is 516 g/mol. The summed E-state index contributed by atoms with van der Waals surface area (Å²) in [5, 5.41) is 0.355. The zero-order valence-electron chi connectivity index (χ0n) is 21.2. The number of thiazole rings is 1. The second-order valence-electron chi connectivity index (χ2n) is 8.04. The highest BCUT2D eigenvalue weighted by atomic mass is 35.5. The van der Waals surface area contributed by atoms with Crippen molar-refractivity contribution in [3.8, 4) is 17.2 Å². The second-order valence-corrected chi connectivity index (χ2v) is 9.46. The van der Waals surface area contributed by atoms with Gasteiger partial charge >= 0.3 is 5.97 Å². The van der Waals surface area contributed by atoms with Gasteiger partial charge in [-0.3, -0.25) is 9.36 Å². The van der Waals surface area contributed by atoms with E-state index in [2.05, 4.69) is 4.99 Å². The smallest absolute Gasteiger partial charge is 0.338 e. The summed E-state index contributed by atoms with van der Waals surface area (Å²) < 4.78 is 23.6. The summed E-state index contributed by atoms with van der Waals surface area (Å²) >= 11 is 7.60. The van der Waals surface area contributed by atoms with Crippen LogP contribution in [0.25, 0.3) is 6.08 Å². The number of hydrogen-bond donors (Lipinski definition) is 0. The average Bonchev–Trinajstić information content (AvgIpc) is 3.17. The molecule has 194 valence electrons. The standard InChI is InChI=1S/C27H27ClN2O6S/c1-6-35-18-10-8-17(9-11-18)23-22(26(32)36-7-2)15(3)29-27-30(23)25(31)21(37-27)14-16-12-19(28)24(34-5)20(13-16)33-4/h8-14,23H,6-7H2,1-5H3/b21-14+/t23-/m1/s1. The summed E-state index contributed by atoms with van der Waals surface area (Å²) in [5.74, 6) is 1.04. The Hall–Kier alpha value is -3.56. The molecule has 0 spiro atoms. The zero-order valence-corrected chi connectivity index (χ0v) is 22.7. The lowest BCUT2D eigenvalue weighted by molar-refractivity contribution is -0.139. The monoisotopic (exact) mass is 542 g/mol. The van der Waals surface area contributed by atoms with Gasteiger partial charge in [0, 0.05) is 0 Å². The Balaban J connectivity index is 1.91. The van der Waals surface area contributed by atoms with Crippen LogP contribution >= 0.6 is 22.9 Å². The third-order valence-corrected chi connectivity index (χ3v) is 7.04. The van der Waals surface area contributed by atoms with E-state index in [9.17, 15) is 9.59 Å². The zero-order chi connectivity index (χ0) is 26.7. The van der Waals surface area contributed by atoms with Gasteiger partial charge in [-0.25, -0.2) is 9.79 Å². The number of benzene rings is 2. The highest BCUT2D eigenvalue weighted by molar-refractivity contribution is 7.07. The number of carbonyl (C=O) groups excluding carboxylic acids is 1. The maximum absolute atomic E-state index is 13.8. The van der Waals surface area contributed by atoms with E-state index in [1.807, 2.05) is 31.2 Å². The SMILES string of the molecule is CCOC(=O)C1=C(C)N=c2s/c(=C/c3cc(Cl)c(OC)c(OC)c3)c(=O)n2[C@@H]1c1ccc(OCC)cc1. The van der Waals surface area contributed by atoms with Crippen LogP contribution in [0.5, 0.6) is 17.2 Å². The van der Waals surface area contributed by atoms with Gasteiger partial charge in [0.15, 0.2) is 16.3 Å². The van der Waals surface area contributed by atoms with Crippen molar-refractivity contribution in [1.29, 1.82) is 0 Å². The average molecular weight is 543 g/mol. The minimum atomic E-state index is -0.706. The summed E-state index contributed by atoms with van der Waals surface area (Å²) in [5.41, 5.74) is 1.93. The number of aromatic nitrogens is 1. The topological polar surface area (TPSA) is 88.4 Å². The van der Waals surface area contributed by atoms with Gasteiger partial charge in [-0.05, 0) is 62.2 Å². The molecule has 0 saturated carbocycles. The first-order chi connectivity index (χ1) is 17.8. The van der Waals surface area contributed by atoms with E-state index in [0.29, 0.717) is 55.0 Å². The molecule has 1 atom stereocenters. The van der Waals surface area contributed by atoms with Gasteiger partial charge in [-0.15, -0.1) is 0 Å². The van der Waals surface area contributed by atoms with Crippen molar-refractivity contribution in [1.82, 2.24) is 4.57 Å². The second kappa shape index (κ2) is 11.2. The number of esters is 1. The van der Waals surface area contributed by atoms with Crippen LogP contribution in [-0.4, -0.2) is 38.0 Å². The number of fused-ring (bicyclic) bond motifs is 1. The molecule has 0 fully saturated rings. The van der Waals surface area contributed by atoms with E-state index < -0.39 is 12.0 Å². The quantitative estimate of drug-likeness (QED) is 0.402. The first kappa shape index (κ1) is 26.5.